The van der Waals surface area contributed by atoms with Gasteiger partial charge in [-0.05, 0) is 6.42 Å². The maximum Gasteiger partial charge on any atom is 0.143 e. The highest BCUT2D eigenvalue weighted by molar-refractivity contribution is 4.36. The van der Waals surface area contributed by atoms with Gasteiger partial charge >= 0.3 is 0 Å². The first-order valence-corrected chi connectivity index (χ1v) is 4.18. The maximum atomic E-state index is 8.23. The summed E-state index contributed by atoms with van der Waals surface area (Å²) >= 11 is 0. The van der Waals surface area contributed by atoms with E-state index in [-0.39, 0.29) is 6.79 Å². The van der Waals surface area contributed by atoms with Crippen molar-refractivity contribution in [1.82, 2.24) is 0 Å². The van der Waals surface area contributed by atoms with E-state index >= 15 is 0 Å². The monoisotopic (exact) mass is 162 g/mol. The highest BCUT2D eigenvalue weighted by Gasteiger charge is 1.88. The van der Waals surface area contributed by atoms with Crippen LogP contribution in [-0.2, 0) is 9.47 Å². The lowest BCUT2D eigenvalue weighted by Crippen LogP contribution is -2.05. The molecule has 0 aliphatic heterocycles. The normalized spacial score (nSPS) is 10.4. The molecule has 68 valence electrons. The highest BCUT2D eigenvalue weighted by atomic mass is 16.6. The lowest BCUT2D eigenvalue weighted by Gasteiger charge is -2.02. The average molecular weight is 162 g/mol. The number of unbranched alkanes of at least 4 members (excludes halogenated alkanes) is 2. The summed E-state index contributed by atoms with van der Waals surface area (Å²) in [6.45, 7) is 3.84. The molecule has 1 N–H and O–H groups in total. The predicted molar refractivity (Wildman–Crippen MR) is 43.4 cm³/mol. The molecule has 0 aliphatic rings. The first-order valence-electron chi connectivity index (χ1n) is 4.18. The second-order valence-electron chi connectivity index (χ2n) is 2.36. The minimum Gasteiger partial charge on any atom is -0.379 e. The Kier molecular flexibility index (Phi) is 9.77. The summed E-state index contributed by atoms with van der Waals surface area (Å²) in [5.74, 6) is 0. The summed E-state index contributed by atoms with van der Waals surface area (Å²) in [5, 5.41) is 8.23. The minimum absolute atomic E-state index is 0.210. The van der Waals surface area contributed by atoms with Gasteiger partial charge < -0.3 is 14.6 Å². The van der Waals surface area contributed by atoms with Crippen molar-refractivity contribution in [3.63, 3.8) is 0 Å². The van der Waals surface area contributed by atoms with Crippen LogP contribution in [0.5, 0.6) is 0 Å². The lowest BCUT2D eigenvalue weighted by molar-refractivity contribution is -0.0294. The van der Waals surface area contributed by atoms with Crippen LogP contribution in [-0.4, -0.2) is 31.7 Å². The number of aliphatic hydroxyl groups is 1. The Labute approximate surface area is 68.3 Å². The third kappa shape index (κ3) is 9.88. The highest BCUT2D eigenvalue weighted by Crippen LogP contribution is 1.93. The van der Waals surface area contributed by atoms with Gasteiger partial charge in [-0.25, -0.2) is 0 Å². The average Bonchev–Trinajstić information content (AvgIpc) is 2.03. The minimum atomic E-state index is -0.210. The molecule has 0 saturated carbocycles. The Balaban J connectivity index is 2.69. The van der Waals surface area contributed by atoms with Crippen LogP contribution in [0.15, 0.2) is 0 Å². The van der Waals surface area contributed by atoms with E-state index < -0.39 is 0 Å². The molecule has 0 amide bonds. The van der Waals surface area contributed by atoms with Gasteiger partial charge in [0.05, 0.1) is 13.2 Å². The Bertz CT molecular complexity index is 58.4. The summed E-state index contributed by atoms with van der Waals surface area (Å²) in [6, 6.07) is 0. The zero-order chi connectivity index (χ0) is 8.36. The molecule has 0 atom stereocenters. The maximum absolute atomic E-state index is 8.23. The van der Waals surface area contributed by atoms with E-state index in [4.69, 9.17) is 9.84 Å². The number of aliphatic hydroxyl groups excluding tert-OH is 1. The molecule has 0 rings (SSSR count). The SMILES string of the molecule is CCCCCOCCOCO. The van der Waals surface area contributed by atoms with Gasteiger partial charge in [-0.1, -0.05) is 19.8 Å². The zero-order valence-electron chi connectivity index (χ0n) is 7.21. The standard InChI is InChI=1S/C8H18O3/c1-2-3-4-5-10-6-7-11-8-9/h9H,2-8H2,1H3. The molecule has 0 fully saturated rings. The van der Waals surface area contributed by atoms with Gasteiger partial charge in [0.2, 0.25) is 0 Å². The molecule has 0 aromatic rings. The molecule has 0 aromatic carbocycles. The molecule has 0 bridgehead atoms. The first kappa shape index (κ1) is 10.9. The van der Waals surface area contributed by atoms with Crippen LogP contribution >= 0.6 is 0 Å². The third-order valence-corrected chi connectivity index (χ3v) is 1.36. The molecule has 0 aromatic heterocycles. The second kappa shape index (κ2) is 9.88. The second-order valence-corrected chi connectivity index (χ2v) is 2.36. The molecule has 0 radical (unpaired) electrons. The van der Waals surface area contributed by atoms with Crippen molar-refractivity contribution in [2.75, 3.05) is 26.6 Å². The zero-order valence-corrected chi connectivity index (χ0v) is 7.21. The van der Waals surface area contributed by atoms with E-state index in [1.165, 1.54) is 12.8 Å². The van der Waals surface area contributed by atoms with E-state index in [2.05, 4.69) is 11.7 Å². The van der Waals surface area contributed by atoms with Crippen molar-refractivity contribution in [2.24, 2.45) is 0 Å². The van der Waals surface area contributed by atoms with E-state index in [0.717, 1.165) is 13.0 Å². The third-order valence-electron chi connectivity index (χ3n) is 1.36. The predicted octanol–water partition coefficient (Wildman–Crippen LogP) is 1.16. The molecule has 11 heavy (non-hydrogen) atoms. The lowest BCUT2D eigenvalue weighted by atomic mass is 10.3. The largest absolute Gasteiger partial charge is 0.379 e. The molecule has 3 heteroatoms. The van der Waals surface area contributed by atoms with Crippen molar-refractivity contribution in [2.45, 2.75) is 26.2 Å². The van der Waals surface area contributed by atoms with Crippen LogP contribution in [0.2, 0.25) is 0 Å². The van der Waals surface area contributed by atoms with Crippen LogP contribution in [0.3, 0.4) is 0 Å². The van der Waals surface area contributed by atoms with Crippen molar-refractivity contribution < 1.29 is 14.6 Å². The van der Waals surface area contributed by atoms with Crippen LogP contribution in [0, 0.1) is 0 Å². The van der Waals surface area contributed by atoms with E-state index in [9.17, 15) is 0 Å². The molecule has 0 unspecified atom stereocenters. The fraction of sp³-hybridized carbons (Fsp3) is 1.00. The van der Waals surface area contributed by atoms with Crippen LogP contribution in [0.25, 0.3) is 0 Å². The summed E-state index contributed by atoms with van der Waals surface area (Å²) in [4.78, 5) is 0. The fourth-order valence-corrected chi connectivity index (χ4v) is 0.739. The van der Waals surface area contributed by atoms with Gasteiger partial charge in [0.25, 0.3) is 0 Å². The van der Waals surface area contributed by atoms with E-state index in [1.807, 2.05) is 0 Å². The smallest absolute Gasteiger partial charge is 0.143 e. The fourth-order valence-electron chi connectivity index (χ4n) is 0.739. The molecule has 0 spiro atoms. The Morgan fingerprint density at radius 3 is 2.36 bits per heavy atom. The molecule has 0 saturated heterocycles. The first-order chi connectivity index (χ1) is 5.41. The summed E-state index contributed by atoms with van der Waals surface area (Å²) in [5.41, 5.74) is 0. The molecular formula is C8H18O3. The van der Waals surface area contributed by atoms with Crippen molar-refractivity contribution >= 4 is 0 Å². The number of ether oxygens (including phenoxy) is 2. The summed E-state index contributed by atoms with van der Waals surface area (Å²) < 4.78 is 9.87. The molecular weight excluding hydrogens is 144 g/mol. The Morgan fingerprint density at radius 1 is 1.00 bits per heavy atom. The number of rotatable bonds is 8. The van der Waals surface area contributed by atoms with E-state index in [0.29, 0.717) is 13.2 Å². The van der Waals surface area contributed by atoms with Gasteiger partial charge in [-0.15, -0.1) is 0 Å². The Hall–Kier alpha value is -0.120. The summed E-state index contributed by atoms with van der Waals surface area (Å²) in [6.07, 6.45) is 3.56. The van der Waals surface area contributed by atoms with E-state index in [1.54, 1.807) is 0 Å². The molecule has 0 aliphatic carbocycles. The summed E-state index contributed by atoms with van der Waals surface area (Å²) in [7, 11) is 0. The van der Waals surface area contributed by atoms with Gasteiger partial charge in [0, 0.05) is 6.61 Å². The van der Waals surface area contributed by atoms with Crippen molar-refractivity contribution in [3.05, 3.63) is 0 Å². The van der Waals surface area contributed by atoms with Gasteiger partial charge in [-0.2, -0.15) is 0 Å². The topological polar surface area (TPSA) is 38.7 Å². The van der Waals surface area contributed by atoms with Gasteiger partial charge in [0.1, 0.15) is 6.79 Å². The number of hydrogen-bond acceptors (Lipinski definition) is 3. The molecule has 0 heterocycles. The van der Waals surface area contributed by atoms with Crippen LogP contribution in [0.1, 0.15) is 26.2 Å². The van der Waals surface area contributed by atoms with Crippen LogP contribution in [0.4, 0.5) is 0 Å². The van der Waals surface area contributed by atoms with Crippen molar-refractivity contribution in [1.29, 1.82) is 0 Å². The number of hydrogen-bond donors (Lipinski definition) is 1. The van der Waals surface area contributed by atoms with Gasteiger partial charge in [-0.3, -0.25) is 0 Å². The quantitative estimate of drug-likeness (QED) is 0.430. The van der Waals surface area contributed by atoms with Gasteiger partial charge in [0.15, 0.2) is 0 Å². The van der Waals surface area contributed by atoms with Crippen molar-refractivity contribution in [3.8, 4) is 0 Å². The molecule has 3 nitrogen and oxygen atoms in total. The Morgan fingerprint density at radius 2 is 1.73 bits per heavy atom. The van der Waals surface area contributed by atoms with Crippen LogP contribution < -0.4 is 0 Å².